The molecule has 5 heteroatoms. The Kier molecular flexibility index (Phi) is 3.42. The second-order valence-corrected chi connectivity index (χ2v) is 5.36. The molecule has 0 bridgehead atoms. The van der Waals surface area contributed by atoms with Gasteiger partial charge in [-0.05, 0) is 5.92 Å². The Morgan fingerprint density at radius 1 is 1.64 bits per heavy atom. The van der Waals surface area contributed by atoms with E-state index < -0.39 is 0 Å². The van der Waals surface area contributed by atoms with Gasteiger partial charge in [0.15, 0.2) is 5.17 Å². The molecule has 0 amide bonds. The molecule has 1 aliphatic rings. The summed E-state index contributed by atoms with van der Waals surface area (Å²) in [5, 5.41) is 4.41. The Balaban J connectivity index is 1.81. The molecule has 0 radical (unpaired) electrons. The fourth-order valence-electron chi connectivity index (χ4n) is 1.16. The molecule has 0 saturated carbocycles. The van der Waals surface area contributed by atoms with Crippen molar-refractivity contribution in [2.24, 2.45) is 10.9 Å². The highest BCUT2D eigenvalue weighted by atomic mass is 32.2. The molecule has 76 valence electrons. The van der Waals surface area contributed by atoms with Gasteiger partial charge in [0, 0.05) is 23.4 Å². The van der Waals surface area contributed by atoms with Gasteiger partial charge in [0.2, 0.25) is 0 Å². The minimum Gasteiger partial charge on any atom is -0.360 e. The van der Waals surface area contributed by atoms with Crippen LogP contribution in [0.3, 0.4) is 0 Å². The molecule has 0 spiro atoms. The lowest BCUT2D eigenvalue weighted by Crippen LogP contribution is -2.25. The Morgan fingerprint density at radius 3 is 3.21 bits per heavy atom. The van der Waals surface area contributed by atoms with Crippen LogP contribution >= 0.6 is 23.1 Å². The summed E-state index contributed by atoms with van der Waals surface area (Å²) in [6.45, 7) is 4.04. The number of rotatable bonds is 2. The standard InChI is InChI=1S/C9H13N3S2/c1-7-2-11-9(13-5-7)12-4-8-3-10-6-14-8/h3,6-7H,2,4-5H2,1H3,(H,11,12). The van der Waals surface area contributed by atoms with Gasteiger partial charge in [-0.3, -0.25) is 9.98 Å². The second kappa shape index (κ2) is 4.79. The normalized spacial score (nSPS) is 21.8. The number of thioether (sulfide) groups is 1. The molecule has 0 saturated heterocycles. The average Bonchev–Trinajstić information content (AvgIpc) is 2.70. The third-order valence-corrected chi connectivity index (χ3v) is 4.01. The van der Waals surface area contributed by atoms with E-state index in [1.54, 1.807) is 11.3 Å². The van der Waals surface area contributed by atoms with Crippen molar-refractivity contribution in [2.75, 3.05) is 12.3 Å². The quantitative estimate of drug-likeness (QED) is 0.839. The van der Waals surface area contributed by atoms with Crippen molar-refractivity contribution in [3.8, 4) is 0 Å². The van der Waals surface area contributed by atoms with Gasteiger partial charge in [-0.25, -0.2) is 0 Å². The Bertz CT molecular complexity index is 308. The summed E-state index contributed by atoms with van der Waals surface area (Å²) in [6, 6.07) is 0. The molecular formula is C9H13N3S2. The minimum atomic E-state index is 0.717. The highest BCUT2D eigenvalue weighted by molar-refractivity contribution is 8.13. The van der Waals surface area contributed by atoms with Gasteiger partial charge in [-0.1, -0.05) is 18.7 Å². The van der Waals surface area contributed by atoms with E-state index >= 15 is 0 Å². The van der Waals surface area contributed by atoms with Gasteiger partial charge in [0.05, 0.1) is 12.1 Å². The van der Waals surface area contributed by atoms with E-state index in [4.69, 9.17) is 0 Å². The van der Waals surface area contributed by atoms with Gasteiger partial charge in [-0.15, -0.1) is 11.3 Å². The predicted molar refractivity (Wildman–Crippen MR) is 62.9 cm³/mol. The van der Waals surface area contributed by atoms with Gasteiger partial charge in [0.25, 0.3) is 0 Å². The number of hydrogen-bond acceptors (Lipinski definition) is 5. The molecule has 14 heavy (non-hydrogen) atoms. The van der Waals surface area contributed by atoms with Crippen LogP contribution < -0.4 is 5.32 Å². The third kappa shape index (κ3) is 2.72. The lowest BCUT2D eigenvalue weighted by molar-refractivity contribution is 0.669. The molecule has 2 heterocycles. The predicted octanol–water partition coefficient (Wildman–Crippen LogP) is 1.97. The van der Waals surface area contributed by atoms with Gasteiger partial charge in [0.1, 0.15) is 0 Å². The van der Waals surface area contributed by atoms with Crippen molar-refractivity contribution in [3.63, 3.8) is 0 Å². The summed E-state index contributed by atoms with van der Waals surface area (Å²) in [4.78, 5) is 9.75. The first-order valence-corrected chi connectivity index (χ1v) is 6.49. The van der Waals surface area contributed by atoms with Crippen LogP contribution in [0.5, 0.6) is 0 Å². The highest BCUT2D eigenvalue weighted by Gasteiger charge is 2.11. The molecule has 1 aromatic heterocycles. The Labute approximate surface area is 92.0 Å². The first-order chi connectivity index (χ1) is 6.84. The molecule has 0 aliphatic carbocycles. The Morgan fingerprint density at radius 2 is 2.57 bits per heavy atom. The highest BCUT2D eigenvalue weighted by Crippen LogP contribution is 2.16. The van der Waals surface area contributed by atoms with Crippen LogP contribution in [0.2, 0.25) is 0 Å². The van der Waals surface area contributed by atoms with E-state index in [-0.39, 0.29) is 0 Å². The summed E-state index contributed by atoms with van der Waals surface area (Å²) in [5.74, 6) is 1.89. The van der Waals surface area contributed by atoms with Crippen molar-refractivity contribution in [2.45, 2.75) is 13.5 Å². The molecule has 1 N–H and O–H groups in total. The van der Waals surface area contributed by atoms with E-state index in [9.17, 15) is 0 Å². The number of thiazole rings is 1. The molecule has 0 aromatic carbocycles. The molecule has 3 nitrogen and oxygen atoms in total. The van der Waals surface area contributed by atoms with Crippen LogP contribution in [0.4, 0.5) is 0 Å². The largest absolute Gasteiger partial charge is 0.360 e. The van der Waals surface area contributed by atoms with E-state index in [0.29, 0.717) is 5.92 Å². The van der Waals surface area contributed by atoms with Gasteiger partial charge < -0.3 is 5.32 Å². The molecule has 0 fully saturated rings. The lowest BCUT2D eigenvalue weighted by Gasteiger charge is -2.17. The maximum absolute atomic E-state index is 4.46. The average molecular weight is 227 g/mol. The molecule has 1 aromatic rings. The number of nitrogens with one attached hydrogen (secondary N) is 1. The lowest BCUT2D eigenvalue weighted by atomic mass is 10.2. The fourth-order valence-corrected chi connectivity index (χ4v) is 2.58. The number of nitrogens with zero attached hydrogens (tertiary/aromatic N) is 2. The zero-order valence-electron chi connectivity index (χ0n) is 8.06. The van der Waals surface area contributed by atoms with Crippen molar-refractivity contribution in [1.82, 2.24) is 10.3 Å². The van der Waals surface area contributed by atoms with E-state index in [0.717, 1.165) is 18.3 Å². The number of amidine groups is 1. The van der Waals surface area contributed by atoms with Crippen LogP contribution in [-0.2, 0) is 6.54 Å². The van der Waals surface area contributed by atoms with E-state index in [1.165, 1.54) is 10.6 Å². The van der Waals surface area contributed by atoms with Crippen LogP contribution in [0.1, 0.15) is 11.8 Å². The maximum atomic E-state index is 4.46. The third-order valence-electron chi connectivity index (χ3n) is 1.95. The van der Waals surface area contributed by atoms with Gasteiger partial charge in [-0.2, -0.15) is 0 Å². The van der Waals surface area contributed by atoms with Crippen molar-refractivity contribution >= 4 is 28.3 Å². The number of aromatic nitrogens is 1. The summed E-state index contributed by atoms with van der Waals surface area (Å²) in [6.07, 6.45) is 1.90. The SMILES string of the molecule is CC1CN=C(NCc2cncs2)SC1. The van der Waals surface area contributed by atoms with Crippen LogP contribution in [0, 0.1) is 5.92 Å². The van der Waals surface area contributed by atoms with E-state index in [1.807, 2.05) is 23.5 Å². The first kappa shape index (κ1) is 9.98. The minimum absolute atomic E-state index is 0.717. The van der Waals surface area contributed by atoms with Crippen LogP contribution in [0.15, 0.2) is 16.7 Å². The number of aliphatic imine (C=N–C) groups is 1. The summed E-state index contributed by atoms with van der Waals surface area (Å²) in [5.41, 5.74) is 1.86. The smallest absolute Gasteiger partial charge is 0.156 e. The molecule has 2 rings (SSSR count). The molecule has 1 atom stereocenters. The van der Waals surface area contributed by atoms with Crippen LogP contribution in [-0.4, -0.2) is 22.4 Å². The summed E-state index contributed by atoms with van der Waals surface area (Å²) < 4.78 is 0. The second-order valence-electron chi connectivity index (χ2n) is 3.38. The number of hydrogen-bond donors (Lipinski definition) is 1. The van der Waals surface area contributed by atoms with Crippen molar-refractivity contribution in [1.29, 1.82) is 0 Å². The summed E-state index contributed by atoms with van der Waals surface area (Å²) in [7, 11) is 0. The summed E-state index contributed by atoms with van der Waals surface area (Å²) >= 11 is 3.49. The molecular weight excluding hydrogens is 214 g/mol. The topological polar surface area (TPSA) is 37.3 Å². The van der Waals surface area contributed by atoms with Crippen molar-refractivity contribution < 1.29 is 0 Å². The Hall–Kier alpha value is -0.550. The molecule has 1 unspecified atom stereocenters. The van der Waals surface area contributed by atoms with Crippen LogP contribution in [0.25, 0.3) is 0 Å². The molecule has 1 aliphatic heterocycles. The first-order valence-electron chi connectivity index (χ1n) is 4.63. The van der Waals surface area contributed by atoms with Crippen molar-refractivity contribution in [3.05, 3.63) is 16.6 Å². The zero-order valence-corrected chi connectivity index (χ0v) is 9.70. The van der Waals surface area contributed by atoms with E-state index in [2.05, 4.69) is 22.2 Å². The monoisotopic (exact) mass is 227 g/mol. The van der Waals surface area contributed by atoms with Gasteiger partial charge >= 0.3 is 0 Å². The fraction of sp³-hybridized carbons (Fsp3) is 0.556. The maximum Gasteiger partial charge on any atom is 0.156 e. The zero-order chi connectivity index (χ0) is 9.80.